The average molecular weight is 186 g/mol. The Morgan fingerprint density at radius 3 is 2.17 bits per heavy atom. The van der Waals surface area contributed by atoms with Crippen LogP contribution in [0.5, 0.6) is 0 Å². The molecular formula is C9H18N2S. The quantitative estimate of drug-likeness (QED) is 0.570. The standard InChI is InChI=1S/C9H18N2S/c1-10-7-9(8-10)3-5-11(12-2)6-4-9/h3-8H2,1-2H3. The molecule has 0 aliphatic carbocycles. The van der Waals surface area contributed by atoms with E-state index in [9.17, 15) is 0 Å². The second kappa shape index (κ2) is 3.20. The maximum Gasteiger partial charge on any atom is 0.00954 e. The monoisotopic (exact) mass is 186 g/mol. The van der Waals surface area contributed by atoms with Gasteiger partial charge in [-0.25, -0.2) is 0 Å². The fraction of sp³-hybridized carbons (Fsp3) is 1.00. The summed E-state index contributed by atoms with van der Waals surface area (Å²) in [6.07, 6.45) is 5.02. The molecule has 1 spiro atoms. The molecule has 0 aromatic carbocycles. The van der Waals surface area contributed by atoms with Crippen LogP contribution in [0.2, 0.25) is 0 Å². The van der Waals surface area contributed by atoms with Crippen molar-refractivity contribution >= 4 is 11.9 Å². The summed E-state index contributed by atoms with van der Waals surface area (Å²) in [6.45, 7) is 5.29. The minimum absolute atomic E-state index is 0.723. The van der Waals surface area contributed by atoms with Crippen LogP contribution < -0.4 is 0 Å². The van der Waals surface area contributed by atoms with Gasteiger partial charge in [0, 0.05) is 26.2 Å². The molecule has 0 amide bonds. The minimum Gasteiger partial charge on any atom is -0.305 e. The van der Waals surface area contributed by atoms with Gasteiger partial charge in [-0.1, -0.05) is 11.9 Å². The molecule has 0 atom stereocenters. The zero-order valence-electron chi connectivity index (χ0n) is 8.05. The van der Waals surface area contributed by atoms with Gasteiger partial charge in [0.05, 0.1) is 0 Å². The van der Waals surface area contributed by atoms with Gasteiger partial charge < -0.3 is 4.90 Å². The van der Waals surface area contributed by atoms with Gasteiger partial charge in [0.15, 0.2) is 0 Å². The van der Waals surface area contributed by atoms with E-state index in [1.807, 2.05) is 11.9 Å². The first kappa shape index (κ1) is 8.85. The number of nitrogens with zero attached hydrogens (tertiary/aromatic N) is 2. The van der Waals surface area contributed by atoms with Crippen LogP contribution in [-0.2, 0) is 0 Å². The van der Waals surface area contributed by atoms with E-state index in [4.69, 9.17) is 0 Å². The van der Waals surface area contributed by atoms with Gasteiger partial charge in [-0.2, -0.15) is 0 Å². The van der Waals surface area contributed by atoms with Gasteiger partial charge in [0.1, 0.15) is 0 Å². The lowest BCUT2D eigenvalue weighted by Gasteiger charge is -2.52. The molecule has 3 heteroatoms. The first-order chi connectivity index (χ1) is 5.74. The molecule has 2 heterocycles. The van der Waals surface area contributed by atoms with Gasteiger partial charge >= 0.3 is 0 Å². The molecule has 2 aliphatic rings. The molecule has 2 saturated heterocycles. The molecule has 0 aromatic heterocycles. The highest BCUT2D eigenvalue weighted by Gasteiger charge is 2.42. The topological polar surface area (TPSA) is 6.48 Å². The van der Waals surface area contributed by atoms with Crippen LogP contribution in [0, 0.1) is 5.41 Å². The summed E-state index contributed by atoms with van der Waals surface area (Å²) in [5, 5.41) is 0. The Balaban J connectivity index is 1.83. The highest BCUT2D eigenvalue weighted by molar-refractivity contribution is 7.96. The van der Waals surface area contributed by atoms with Crippen LogP contribution in [0.4, 0.5) is 0 Å². The molecule has 2 aliphatic heterocycles. The normalized spacial score (nSPS) is 30.5. The van der Waals surface area contributed by atoms with Crippen molar-refractivity contribution < 1.29 is 0 Å². The molecule has 0 saturated carbocycles. The molecule has 2 nitrogen and oxygen atoms in total. The Hall–Kier alpha value is 0.270. The molecule has 70 valence electrons. The van der Waals surface area contributed by atoms with E-state index < -0.39 is 0 Å². The second-order valence-corrected chi connectivity index (χ2v) is 5.17. The summed E-state index contributed by atoms with van der Waals surface area (Å²) >= 11 is 1.90. The van der Waals surface area contributed by atoms with E-state index in [0.29, 0.717) is 0 Å². The Morgan fingerprint density at radius 1 is 1.17 bits per heavy atom. The molecule has 12 heavy (non-hydrogen) atoms. The van der Waals surface area contributed by atoms with Crippen molar-refractivity contribution in [3.8, 4) is 0 Å². The van der Waals surface area contributed by atoms with Crippen molar-refractivity contribution in [2.24, 2.45) is 5.41 Å². The summed E-state index contributed by atoms with van der Waals surface area (Å²) in [7, 11) is 2.23. The van der Waals surface area contributed by atoms with Crippen LogP contribution in [0.15, 0.2) is 0 Å². The summed E-state index contributed by atoms with van der Waals surface area (Å²) in [6, 6.07) is 0. The maximum atomic E-state index is 2.49. The molecule has 2 fully saturated rings. The molecule has 0 unspecified atom stereocenters. The van der Waals surface area contributed by atoms with Crippen LogP contribution in [-0.4, -0.2) is 48.7 Å². The van der Waals surface area contributed by atoms with Gasteiger partial charge in [-0.3, -0.25) is 4.31 Å². The second-order valence-electron chi connectivity index (χ2n) is 4.28. The SMILES string of the molecule is CSN1CCC2(CC1)CN(C)C2. The molecule has 0 aromatic rings. The fourth-order valence-corrected chi connectivity index (χ4v) is 3.11. The minimum atomic E-state index is 0.723. The predicted molar refractivity (Wildman–Crippen MR) is 54.3 cm³/mol. The number of hydrogen-bond donors (Lipinski definition) is 0. The molecular weight excluding hydrogens is 168 g/mol. The third-order valence-electron chi connectivity index (χ3n) is 3.25. The van der Waals surface area contributed by atoms with E-state index in [-0.39, 0.29) is 0 Å². The van der Waals surface area contributed by atoms with Crippen molar-refractivity contribution in [1.29, 1.82) is 0 Å². The average Bonchev–Trinajstić information content (AvgIpc) is 2.04. The summed E-state index contributed by atoms with van der Waals surface area (Å²) in [5.41, 5.74) is 0.723. The van der Waals surface area contributed by atoms with Crippen LogP contribution >= 0.6 is 11.9 Å². The maximum absolute atomic E-state index is 2.49. The van der Waals surface area contributed by atoms with Gasteiger partial charge in [0.25, 0.3) is 0 Å². The zero-order chi connectivity index (χ0) is 8.60. The van der Waals surface area contributed by atoms with E-state index in [2.05, 4.69) is 22.5 Å². The summed E-state index contributed by atoms with van der Waals surface area (Å²) in [4.78, 5) is 2.44. The van der Waals surface area contributed by atoms with E-state index in [1.54, 1.807) is 0 Å². The first-order valence-electron chi connectivity index (χ1n) is 4.72. The number of rotatable bonds is 1. The van der Waals surface area contributed by atoms with E-state index >= 15 is 0 Å². The summed E-state index contributed by atoms with van der Waals surface area (Å²) in [5.74, 6) is 0. The van der Waals surface area contributed by atoms with Crippen LogP contribution in [0.1, 0.15) is 12.8 Å². The fourth-order valence-electron chi connectivity index (χ4n) is 2.56. The molecule has 2 rings (SSSR count). The van der Waals surface area contributed by atoms with Crippen molar-refractivity contribution in [3.05, 3.63) is 0 Å². The molecule has 0 N–H and O–H groups in total. The van der Waals surface area contributed by atoms with Crippen molar-refractivity contribution in [1.82, 2.24) is 9.21 Å². The Bertz CT molecular complexity index is 156. The van der Waals surface area contributed by atoms with E-state index in [1.165, 1.54) is 39.0 Å². The highest BCUT2D eigenvalue weighted by Crippen LogP contribution is 2.40. The number of piperidine rings is 1. The Morgan fingerprint density at radius 2 is 1.75 bits per heavy atom. The molecule has 0 bridgehead atoms. The van der Waals surface area contributed by atoms with E-state index in [0.717, 1.165) is 5.41 Å². The number of likely N-dealkylation sites (tertiary alicyclic amines) is 1. The summed E-state index contributed by atoms with van der Waals surface area (Å²) < 4.78 is 2.49. The number of hydrogen-bond acceptors (Lipinski definition) is 3. The van der Waals surface area contributed by atoms with Gasteiger partial charge in [0.2, 0.25) is 0 Å². The first-order valence-corrected chi connectivity index (χ1v) is 5.90. The highest BCUT2D eigenvalue weighted by atomic mass is 32.2. The largest absolute Gasteiger partial charge is 0.305 e. The van der Waals surface area contributed by atoms with Crippen molar-refractivity contribution in [2.75, 3.05) is 39.5 Å². The van der Waals surface area contributed by atoms with Crippen LogP contribution in [0.25, 0.3) is 0 Å². The lowest BCUT2D eigenvalue weighted by atomic mass is 9.73. The van der Waals surface area contributed by atoms with Gasteiger partial charge in [-0.15, -0.1) is 0 Å². The zero-order valence-corrected chi connectivity index (χ0v) is 8.86. The molecule has 0 radical (unpaired) electrons. The van der Waals surface area contributed by atoms with Crippen molar-refractivity contribution in [3.63, 3.8) is 0 Å². The Labute approximate surface area is 79.4 Å². The lowest BCUT2D eigenvalue weighted by molar-refractivity contribution is -0.0157. The van der Waals surface area contributed by atoms with Crippen LogP contribution in [0.3, 0.4) is 0 Å². The van der Waals surface area contributed by atoms with Crippen molar-refractivity contribution in [2.45, 2.75) is 12.8 Å². The van der Waals surface area contributed by atoms with Gasteiger partial charge in [-0.05, 0) is 31.6 Å². The predicted octanol–water partition coefficient (Wildman–Crippen LogP) is 1.29. The Kier molecular flexibility index (Phi) is 2.36. The lowest BCUT2D eigenvalue weighted by Crippen LogP contribution is -2.57. The third kappa shape index (κ3) is 1.50. The smallest absolute Gasteiger partial charge is 0.00954 e. The third-order valence-corrected chi connectivity index (χ3v) is 4.13.